The fourth-order valence-electron chi connectivity index (χ4n) is 2.82. The van der Waals surface area contributed by atoms with Gasteiger partial charge in [-0.1, -0.05) is 37.3 Å². The molecule has 0 radical (unpaired) electrons. The van der Waals surface area contributed by atoms with E-state index in [-0.39, 0.29) is 5.75 Å². The van der Waals surface area contributed by atoms with Crippen molar-refractivity contribution in [3.63, 3.8) is 0 Å². The normalized spacial score (nSPS) is 13.2. The van der Waals surface area contributed by atoms with E-state index in [4.69, 9.17) is 16.6 Å². The van der Waals surface area contributed by atoms with Crippen LogP contribution >= 0.6 is 12.2 Å². The van der Waals surface area contributed by atoms with Gasteiger partial charge in [-0.05, 0) is 30.4 Å². The molecule has 2 aromatic carbocycles. The lowest BCUT2D eigenvalue weighted by Crippen LogP contribution is -3.06. The highest BCUT2D eigenvalue weighted by molar-refractivity contribution is 7.91. The number of nitrogens with one attached hydrogen (secondary N) is 1. The lowest BCUT2D eigenvalue weighted by atomic mass is 10.2. The number of oxazole rings is 1. The van der Waals surface area contributed by atoms with E-state index < -0.39 is 9.84 Å². The fraction of sp³-hybridized carbons (Fsp3) is 0.278. The molecule has 7 heteroatoms. The van der Waals surface area contributed by atoms with Gasteiger partial charge in [0.15, 0.2) is 22.1 Å². The summed E-state index contributed by atoms with van der Waals surface area (Å²) < 4.78 is 31.8. The number of fused-ring (bicyclic) bond motifs is 1. The molecule has 132 valence electrons. The summed E-state index contributed by atoms with van der Waals surface area (Å²) in [7, 11) is -1.20. The second kappa shape index (κ2) is 7.11. The van der Waals surface area contributed by atoms with E-state index in [9.17, 15) is 8.42 Å². The number of nitrogens with zero attached hydrogens (tertiary/aromatic N) is 1. The summed E-state index contributed by atoms with van der Waals surface area (Å²) in [5, 5.41) is 0. The van der Waals surface area contributed by atoms with Crippen LogP contribution in [0.5, 0.6) is 0 Å². The molecule has 0 saturated carbocycles. The van der Waals surface area contributed by atoms with Gasteiger partial charge in [0, 0.05) is 5.56 Å². The van der Waals surface area contributed by atoms with Crippen molar-refractivity contribution >= 4 is 33.2 Å². The molecule has 1 atom stereocenters. The average Bonchev–Trinajstić information content (AvgIpc) is 2.90. The molecule has 0 fully saturated rings. The highest BCUT2D eigenvalue weighted by Gasteiger charge is 2.17. The summed E-state index contributed by atoms with van der Waals surface area (Å²) >= 11 is 5.33. The Morgan fingerprint density at radius 2 is 1.88 bits per heavy atom. The fourth-order valence-corrected chi connectivity index (χ4v) is 3.97. The second-order valence-electron chi connectivity index (χ2n) is 6.11. The third kappa shape index (κ3) is 3.84. The smallest absolute Gasteiger partial charge is 0.274 e. The number of hydrogen-bond acceptors (Lipinski definition) is 4. The quantitative estimate of drug-likeness (QED) is 0.671. The van der Waals surface area contributed by atoms with Crippen LogP contribution in [0.3, 0.4) is 0 Å². The SMILES string of the molecule is CCS(=O)(=O)c1ccc2oc(=S)n(C[NH+](C)Cc3ccccc3)c2c1. The van der Waals surface area contributed by atoms with Gasteiger partial charge in [0.2, 0.25) is 0 Å². The number of aromatic nitrogens is 1. The molecule has 3 rings (SSSR count). The van der Waals surface area contributed by atoms with Gasteiger partial charge >= 0.3 is 0 Å². The maximum Gasteiger partial charge on any atom is 0.274 e. The summed E-state index contributed by atoms with van der Waals surface area (Å²) in [6.45, 7) is 3.07. The van der Waals surface area contributed by atoms with Crippen LogP contribution < -0.4 is 4.90 Å². The van der Waals surface area contributed by atoms with Gasteiger partial charge in [-0.3, -0.25) is 4.57 Å². The molecule has 0 spiro atoms. The molecule has 0 aliphatic heterocycles. The molecule has 3 aromatic rings. The number of rotatable bonds is 6. The number of benzene rings is 2. The monoisotopic (exact) mass is 377 g/mol. The highest BCUT2D eigenvalue weighted by atomic mass is 32.2. The van der Waals surface area contributed by atoms with Gasteiger partial charge in [0.25, 0.3) is 4.84 Å². The van der Waals surface area contributed by atoms with Crippen molar-refractivity contribution in [2.24, 2.45) is 0 Å². The molecule has 0 saturated heterocycles. The second-order valence-corrected chi connectivity index (χ2v) is 8.73. The number of hydrogen-bond donors (Lipinski definition) is 1. The van der Waals surface area contributed by atoms with E-state index in [2.05, 4.69) is 19.2 Å². The first-order valence-corrected chi connectivity index (χ1v) is 10.2. The van der Waals surface area contributed by atoms with E-state index in [0.29, 0.717) is 27.5 Å². The Labute approximate surface area is 152 Å². The highest BCUT2D eigenvalue weighted by Crippen LogP contribution is 2.22. The van der Waals surface area contributed by atoms with Crippen molar-refractivity contribution in [2.45, 2.75) is 25.0 Å². The summed E-state index contributed by atoms with van der Waals surface area (Å²) in [6, 6.07) is 15.1. The van der Waals surface area contributed by atoms with E-state index in [1.54, 1.807) is 25.1 Å². The van der Waals surface area contributed by atoms with Gasteiger partial charge in [0.05, 0.1) is 23.2 Å². The minimum Gasteiger partial charge on any atom is -0.429 e. The minimum absolute atomic E-state index is 0.0657. The summed E-state index contributed by atoms with van der Waals surface area (Å²) in [5.41, 5.74) is 2.55. The Kier molecular flexibility index (Phi) is 5.08. The zero-order chi connectivity index (χ0) is 18.0. The van der Waals surface area contributed by atoms with Crippen molar-refractivity contribution in [1.29, 1.82) is 0 Å². The van der Waals surface area contributed by atoms with Crippen molar-refractivity contribution in [1.82, 2.24) is 4.57 Å². The molecule has 0 aliphatic rings. The first-order chi connectivity index (χ1) is 11.9. The summed E-state index contributed by atoms with van der Waals surface area (Å²) in [5.74, 6) is 0.0657. The standard InChI is InChI=1S/C18H20N2O3S2/c1-3-25(21,22)15-9-10-17-16(11-15)20(18(24)23-17)13-19(2)12-14-7-5-4-6-8-14/h4-11H,3,12-13H2,1-2H3/p+1. The third-order valence-electron chi connectivity index (χ3n) is 4.15. The summed E-state index contributed by atoms with van der Waals surface area (Å²) in [4.78, 5) is 1.87. The Hall–Kier alpha value is -1.96. The predicted molar refractivity (Wildman–Crippen MR) is 99.8 cm³/mol. The molecular formula is C18H21N2O3S2+. The molecule has 0 bridgehead atoms. The van der Waals surface area contributed by atoms with Crippen LogP contribution in [0.2, 0.25) is 0 Å². The zero-order valence-corrected chi connectivity index (χ0v) is 15.9. The Morgan fingerprint density at radius 3 is 2.56 bits per heavy atom. The third-order valence-corrected chi connectivity index (χ3v) is 6.19. The predicted octanol–water partition coefficient (Wildman–Crippen LogP) is 2.43. The van der Waals surface area contributed by atoms with Gasteiger partial charge < -0.3 is 9.32 Å². The topological polar surface area (TPSA) is 56.6 Å². The molecule has 1 unspecified atom stereocenters. The lowest BCUT2D eigenvalue weighted by Gasteiger charge is -2.15. The van der Waals surface area contributed by atoms with Crippen LogP contribution in [0.25, 0.3) is 11.1 Å². The Balaban J connectivity index is 1.94. The average molecular weight is 378 g/mol. The van der Waals surface area contributed by atoms with Gasteiger partial charge in [0.1, 0.15) is 6.54 Å². The van der Waals surface area contributed by atoms with Crippen LogP contribution in [0.15, 0.2) is 57.8 Å². The molecule has 1 aromatic heterocycles. The van der Waals surface area contributed by atoms with E-state index >= 15 is 0 Å². The van der Waals surface area contributed by atoms with Crippen molar-refractivity contribution < 1.29 is 17.7 Å². The Bertz CT molecular complexity index is 1040. The van der Waals surface area contributed by atoms with Gasteiger partial charge in [-0.25, -0.2) is 8.42 Å². The van der Waals surface area contributed by atoms with Crippen molar-refractivity contribution in [3.05, 3.63) is 58.9 Å². The lowest BCUT2D eigenvalue weighted by molar-refractivity contribution is -0.916. The Morgan fingerprint density at radius 1 is 1.16 bits per heavy atom. The maximum atomic E-state index is 12.2. The zero-order valence-electron chi connectivity index (χ0n) is 14.2. The molecule has 5 nitrogen and oxygen atoms in total. The van der Waals surface area contributed by atoms with E-state index in [0.717, 1.165) is 6.54 Å². The van der Waals surface area contributed by atoms with Crippen molar-refractivity contribution in [2.75, 3.05) is 12.8 Å². The number of sulfone groups is 1. The minimum atomic E-state index is -3.27. The van der Waals surface area contributed by atoms with Crippen LogP contribution in [0.4, 0.5) is 0 Å². The van der Waals surface area contributed by atoms with Gasteiger partial charge in [-0.15, -0.1) is 0 Å². The molecule has 1 heterocycles. The molecule has 1 N–H and O–H groups in total. The van der Waals surface area contributed by atoms with Crippen LogP contribution in [-0.4, -0.2) is 25.8 Å². The maximum absolute atomic E-state index is 12.2. The number of quaternary nitrogens is 1. The van der Waals surface area contributed by atoms with E-state index in [1.807, 2.05) is 22.8 Å². The molecule has 25 heavy (non-hydrogen) atoms. The largest absolute Gasteiger partial charge is 0.429 e. The first-order valence-electron chi connectivity index (χ1n) is 8.12. The first kappa shape index (κ1) is 17.8. The summed E-state index contributed by atoms with van der Waals surface area (Å²) in [6.07, 6.45) is 0. The van der Waals surface area contributed by atoms with Crippen LogP contribution in [0.1, 0.15) is 12.5 Å². The molecular weight excluding hydrogens is 356 g/mol. The van der Waals surface area contributed by atoms with Crippen molar-refractivity contribution in [3.8, 4) is 0 Å². The molecule has 0 amide bonds. The van der Waals surface area contributed by atoms with E-state index in [1.165, 1.54) is 10.5 Å². The van der Waals surface area contributed by atoms with Crippen LogP contribution in [-0.2, 0) is 23.1 Å². The molecule has 0 aliphatic carbocycles. The van der Waals surface area contributed by atoms with Crippen LogP contribution in [0, 0.1) is 4.84 Å². The van der Waals surface area contributed by atoms with Gasteiger partial charge in [-0.2, -0.15) is 0 Å².